The fraction of sp³-hybridized carbons (Fsp3) is 0.909. The molecule has 2 aliphatic rings. The molecule has 0 bridgehead atoms. The maximum atomic E-state index is 8.91. The lowest BCUT2D eigenvalue weighted by Crippen LogP contribution is -2.48. The summed E-state index contributed by atoms with van der Waals surface area (Å²) < 4.78 is 0. The van der Waals surface area contributed by atoms with E-state index in [2.05, 4.69) is 11.0 Å². The van der Waals surface area contributed by atoms with Gasteiger partial charge in [-0.2, -0.15) is 5.26 Å². The van der Waals surface area contributed by atoms with E-state index in [-0.39, 0.29) is 5.92 Å². The first kappa shape index (κ1) is 9.95. The highest BCUT2D eigenvalue weighted by Crippen LogP contribution is 2.27. The lowest BCUT2D eigenvalue weighted by Gasteiger charge is -2.36. The average molecular weight is 193 g/mol. The van der Waals surface area contributed by atoms with Gasteiger partial charge in [-0.25, -0.2) is 0 Å². The van der Waals surface area contributed by atoms with E-state index < -0.39 is 0 Å². The first-order valence-corrected chi connectivity index (χ1v) is 5.70. The zero-order valence-corrected chi connectivity index (χ0v) is 8.65. The number of piperidine rings is 1. The normalized spacial score (nSPS) is 39.6. The number of hydrogen-bond acceptors (Lipinski definition) is 3. The Morgan fingerprint density at radius 2 is 2.07 bits per heavy atom. The maximum absolute atomic E-state index is 8.91. The van der Waals surface area contributed by atoms with Crippen LogP contribution in [0.1, 0.15) is 32.1 Å². The van der Waals surface area contributed by atoms with Gasteiger partial charge in [0, 0.05) is 18.6 Å². The minimum atomic E-state index is 0.247. The van der Waals surface area contributed by atoms with Crippen LogP contribution in [0, 0.1) is 17.2 Å². The number of nitriles is 1. The number of likely N-dealkylation sites (tertiary alicyclic amines) is 1. The molecule has 14 heavy (non-hydrogen) atoms. The van der Waals surface area contributed by atoms with Crippen molar-refractivity contribution in [1.82, 2.24) is 4.90 Å². The third kappa shape index (κ3) is 1.92. The molecule has 3 nitrogen and oxygen atoms in total. The van der Waals surface area contributed by atoms with Crippen molar-refractivity contribution in [1.29, 1.82) is 5.26 Å². The Kier molecular flexibility index (Phi) is 3.05. The molecule has 0 radical (unpaired) electrons. The first-order chi connectivity index (χ1) is 6.81. The lowest BCUT2D eigenvalue weighted by atomic mass is 9.97. The summed E-state index contributed by atoms with van der Waals surface area (Å²) in [6.07, 6.45) is 5.91. The highest BCUT2D eigenvalue weighted by atomic mass is 15.2. The Labute approximate surface area is 85.9 Å². The Morgan fingerprint density at radius 1 is 1.21 bits per heavy atom. The van der Waals surface area contributed by atoms with Crippen molar-refractivity contribution in [3.63, 3.8) is 0 Å². The van der Waals surface area contributed by atoms with Crippen molar-refractivity contribution in [2.45, 2.75) is 44.2 Å². The van der Waals surface area contributed by atoms with E-state index in [1.807, 2.05) is 0 Å². The second-order valence-electron chi connectivity index (χ2n) is 4.63. The van der Waals surface area contributed by atoms with Gasteiger partial charge in [-0.1, -0.05) is 6.42 Å². The van der Waals surface area contributed by atoms with Gasteiger partial charge in [-0.05, 0) is 32.2 Å². The van der Waals surface area contributed by atoms with Crippen molar-refractivity contribution in [2.75, 3.05) is 13.1 Å². The Hall–Kier alpha value is -0.590. The largest absolute Gasteiger partial charge is 0.326 e. The van der Waals surface area contributed by atoms with E-state index >= 15 is 0 Å². The molecule has 1 aliphatic heterocycles. The van der Waals surface area contributed by atoms with Crippen LogP contribution in [0.5, 0.6) is 0 Å². The van der Waals surface area contributed by atoms with Crippen LogP contribution in [-0.4, -0.2) is 30.1 Å². The van der Waals surface area contributed by atoms with Crippen LogP contribution in [0.15, 0.2) is 0 Å². The smallest absolute Gasteiger partial charge is 0.0669 e. The molecule has 0 spiro atoms. The quantitative estimate of drug-likeness (QED) is 0.678. The third-order valence-corrected chi connectivity index (χ3v) is 3.64. The van der Waals surface area contributed by atoms with Gasteiger partial charge in [0.15, 0.2) is 0 Å². The molecule has 1 heterocycles. The fourth-order valence-electron chi connectivity index (χ4n) is 2.84. The standard InChI is InChI=1S/C11H19N3/c12-7-9-3-2-6-14(8-9)11-5-1-4-10(11)13/h9-11H,1-6,8,13H2. The molecule has 0 aromatic carbocycles. The molecule has 78 valence electrons. The number of hydrogen-bond donors (Lipinski definition) is 1. The summed E-state index contributed by atoms with van der Waals surface area (Å²) in [5.41, 5.74) is 6.07. The molecule has 3 atom stereocenters. The molecule has 1 aliphatic carbocycles. The summed E-state index contributed by atoms with van der Waals surface area (Å²) in [6.45, 7) is 2.10. The van der Waals surface area contributed by atoms with Gasteiger partial charge >= 0.3 is 0 Å². The molecule has 0 aromatic heterocycles. The molecule has 3 heteroatoms. The number of nitrogens with two attached hydrogens (primary N) is 1. The van der Waals surface area contributed by atoms with Crippen LogP contribution >= 0.6 is 0 Å². The van der Waals surface area contributed by atoms with Crippen molar-refractivity contribution in [2.24, 2.45) is 11.7 Å². The summed E-state index contributed by atoms with van der Waals surface area (Å²) in [5, 5.41) is 8.91. The SMILES string of the molecule is N#CC1CCCN(C2CCCC2N)C1. The van der Waals surface area contributed by atoms with Gasteiger partial charge in [0.25, 0.3) is 0 Å². The Morgan fingerprint density at radius 3 is 2.71 bits per heavy atom. The van der Waals surface area contributed by atoms with Gasteiger partial charge in [-0.15, -0.1) is 0 Å². The van der Waals surface area contributed by atoms with Crippen LogP contribution in [0.2, 0.25) is 0 Å². The van der Waals surface area contributed by atoms with Crippen LogP contribution < -0.4 is 5.73 Å². The molecule has 0 amide bonds. The summed E-state index contributed by atoms with van der Waals surface area (Å²) in [5.74, 6) is 0.247. The average Bonchev–Trinajstić information content (AvgIpc) is 2.65. The number of nitrogens with zero attached hydrogens (tertiary/aromatic N) is 2. The van der Waals surface area contributed by atoms with E-state index in [1.165, 1.54) is 25.7 Å². The highest BCUT2D eigenvalue weighted by molar-refractivity contribution is 4.94. The lowest BCUT2D eigenvalue weighted by molar-refractivity contribution is 0.134. The predicted molar refractivity (Wildman–Crippen MR) is 55.5 cm³/mol. The second kappa shape index (κ2) is 4.29. The van der Waals surface area contributed by atoms with E-state index in [4.69, 9.17) is 11.0 Å². The first-order valence-electron chi connectivity index (χ1n) is 5.70. The molecule has 2 fully saturated rings. The minimum Gasteiger partial charge on any atom is -0.326 e. The van der Waals surface area contributed by atoms with Crippen LogP contribution in [0.25, 0.3) is 0 Å². The zero-order chi connectivity index (χ0) is 9.97. The monoisotopic (exact) mass is 193 g/mol. The zero-order valence-electron chi connectivity index (χ0n) is 8.65. The molecule has 2 rings (SSSR count). The van der Waals surface area contributed by atoms with Crippen molar-refractivity contribution < 1.29 is 0 Å². The van der Waals surface area contributed by atoms with E-state index in [0.717, 1.165) is 19.5 Å². The van der Waals surface area contributed by atoms with Crippen molar-refractivity contribution >= 4 is 0 Å². The van der Waals surface area contributed by atoms with Gasteiger partial charge in [0.05, 0.1) is 12.0 Å². The van der Waals surface area contributed by atoms with Crippen molar-refractivity contribution in [3.8, 4) is 6.07 Å². The molecular formula is C11H19N3. The second-order valence-corrected chi connectivity index (χ2v) is 4.63. The van der Waals surface area contributed by atoms with Crippen molar-refractivity contribution in [3.05, 3.63) is 0 Å². The minimum absolute atomic E-state index is 0.247. The Bertz CT molecular complexity index is 233. The molecule has 0 aromatic rings. The van der Waals surface area contributed by atoms with Gasteiger partial charge in [0.2, 0.25) is 0 Å². The van der Waals surface area contributed by atoms with E-state index in [0.29, 0.717) is 12.1 Å². The van der Waals surface area contributed by atoms with Crippen LogP contribution in [-0.2, 0) is 0 Å². The molecule has 3 unspecified atom stereocenters. The molecule has 1 saturated heterocycles. The third-order valence-electron chi connectivity index (χ3n) is 3.64. The van der Waals surface area contributed by atoms with Gasteiger partial charge in [-0.3, -0.25) is 4.90 Å². The molecule has 2 N–H and O–H groups in total. The molecule has 1 saturated carbocycles. The Balaban J connectivity index is 1.94. The summed E-state index contributed by atoms with van der Waals surface area (Å²) in [4.78, 5) is 2.45. The fourth-order valence-corrected chi connectivity index (χ4v) is 2.84. The van der Waals surface area contributed by atoms with E-state index in [9.17, 15) is 0 Å². The van der Waals surface area contributed by atoms with Crippen LogP contribution in [0.3, 0.4) is 0 Å². The summed E-state index contributed by atoms with van der Waals surface area (Å²) in [6, 6.07) is 3.31. The highest BCUT2D eigenvalue weighted by Gasteiger charge is 2.32. The topological polar surface area (TPSA) is 53.0 Å². The van der Waals surface area contributed by atoms with Gasteiger partial charge in [0.1, 0.15) is 0 Å². The predicted octanol–water partition coefficient (Wildman–Crippen LogP) is 1.10. The van der Waals surface area contributed by atoms with E-state index in [1.54, 1.807) is 0 Å². The summed E-state index contributed by atoms with van der Waals surface area (Å²) >= 11 is 0. The van der Waals surface area contributed by atoms with Crippen LogP contribution in [0.4, 0.5) is 0 Å². The summed E-state index contributed by atoms with van der Waals surface area (Å²) in [7, 11) is 0. The number of rotatable bonds is 1. The molecular weight excluding hydrogens is 174 g/mol. The van der Waals surface area contributed by atoms with Gasteiger partial charge < -0.3 is 5.73 Å². The maximum Gasteiger partial charge on any atom is 0.0669 e.